The Morgan fingerprint density at radius 3 is 2.96 bits per heavy atom. The first kappa shape index (κ1) is 19.8. The predicted octanol–water partition coefficient (Wildman–Crippen LogP) is 3.67. The van der Waals surface area contributed by atoms with Gasteiger partial charge in [-0.3, -0.25) is 0 Å². The Kier molecular flexibility index (Phi) is 6.20. The number of aliphatic imine (C=N–C) groups is 1. The molecule has 1 aliphatic rings. The van der Waals surface area contributed by atoms with Gasteiger partial charge in [0, 0.05) is 48.8 Å². The number of aromatic nitrogens is 1. The predicted molar refractivity (Wildman–Crippen MR) is 103 cm³/mol. The van der Waals surface area contributed by atoms with Gasteiger partial charge < -0.3 is 15.3 Å². The van der Waals surface area contributed by atoms with Gasteiger partial charge >= 0.3 is 6.09 Å². The number of alkyl carbamates (subject to hydrolysis) is 1. The molecule has 146 valence electrons. The molecule has 9 heteroatoms. The molecular formula is C19H18ClFN4O3. The number of hydrogen-bond donors (Lipinski definition) is 2. The smallest absolute Gasteiger partial charge is 0.406 e. The molecule has 0 saturated heterocycles. The standard InChI is InChI=1S/C19H18ClFN4O3/c1-28-19(26)23-6-4-12-10-14-13(5-7-22-18(14)24-12)17(25-27)9-11-2-3-16(21)15(20)8-11/h2-3,5,7-8,27H,4,6,9-10H2,1H3,(H,23,26)/b25-17+. The van der Waals surface area contributed by atoms with Gasteiger partial charge in [0.05, 0.1) is 17.8 Å². The Hall–Kier alpha value is -3.00. The molecule has 7 nitrogen and oxygen atoms in total. The van der Waals surface area contributed by atoms with Gasteiger partial charge in [-0.1, -0.05) is 22.8 Å². The summed E-state index contributed by atoms with van der Waals surface area (Å²) >= 11 is 5.84. The largest absolute Gasteiger partial charge is 0.453 e. The first-order valence-electron chi connectivity index (χ1n) is 8.53. The summed E-state index contributed by atoms with van der Waals surface area (Å²) in [5.74, 6) is 0.0557. The Labute approximate surface area is 165 Å². The van der Waals surface area contributed by atoms with Crippen LogP contribution in [0, 0.1) is 5.82 Å². The van der Waals surface area contributed by atoms with Gasteiger partial charge in [0.25, 0.3) is 0 Å². The molecule has 1 amide bonds. The molecule has 1 aromatic carbocycles. The van der Waals surface area contributed by atoms with Crippen molar-refractivity contribution in [3.05, 3.63) is 58.0 Å². The van der Waals surface area contributed by atoms with Crippen molar-refractivity contribution in [2.45, 2.75) is 19.3 Å². The van der Waals surface area contributed by atoms with E-state index in [0.717, 1.165) is 11.3 Å². The number of ether oxygens (including phenoxy) is 1. The van der Waals surface area contributed by atoms with Gasteiger partial charge in [0.15, 0.2) is 5.82 Å². The lowest BCUT2D eigenvalue weighted by molar-refractivity contribution is 0.171. The number of methoxy groups -OCH3 is 1. The molecule has 0 radical (unpaired) electrons. The van der Waals surface area contributed by atoms with E-state index in [1.54, 1.807) is 18.3 Å². The average Bonchev–Trinajstić information content (AvgIpc) is 3.11. The van der Waals surface area contributed by atoms with Crippen LogP contribution < -0.4 is 5.32 Å². The van der Waals surface area contributed by atoms with Gasteiger partial charge in [-0.05, 0) is 23.8 Å². The molecule has 0 unspecified atom stereocenters. The maximum atomic E-state index is 13.4. The van der Waals surface area contributed by atoms with Gasteiger partial charge in [0.1, 0.15) is 5.82 Å². The molecule has 2 N–H and O–H groups in total. The highest BCUT2D eigenvalue weighted by atomic mass is 35.5. The van der Waals surface area contributed by atoms with Crippen molar-refractivity contribution in [3.63, 3.8) is 0 Å². The van der Waals surface area contributed by atoms with E-state index in [1.165, 1.54) is 19.2 Å². The van der Waals surface area contributed by atoms with Crippen LogP contribution in [0.25, 0.3) is 0 Å². The topological polar surface area (TPSA) is 96.2 Å². The summed E-state index contributed by atoms with van der Waals surface area (Å²) in [4.78, 5) is 19.9. The van der Waals surface area contributed by atoms with Crippen molar-refractivity contribution in [2.24, 2.45) is 10.1 Å². The van der Waals surface area contributed by atoms with Crippen LogP contribution in [0.3, 0.4) is 0 Å². The number of carbonyl (C=O) groups is 1. The van der Waals surface area contributed by atoms with E-state index in [4.69, 9.17) is 11.6 Å². The van der Waals surface area contributed by atoms with E-state index >= 15 is 0 Å². The SMILES string of the molecule is COC(=O)NCCC1=Nc2nccc(/C(Cc3ccc(F)c(Cl)c3)=N/O)c2C1. The fourth-order valence-electron chi connectivity index (χ4n) is 2.97. The van der Waals surface area contributed by atoms with Crippen LogP contribution in [-0.4, -0.2) is 41.4 Å². The molecule has 3 rings (SSSR count). The number of fused-ring (bicyclic) bond motifs is 1. The lowest BCUT2D eigenvalue weighted by Gasteiger charge is -2.10. The highest BCUT2D eigenvalue weighted by Crippen LogP contribution is 2.29. The molecule has 2 heterocycles. The van der Waals surface area contributed by atoms with Crippen LogP contribution in [0.2, 0.25) is 5.02 Å². The Balaban J connectivity index is 1.74. The van der Waals surface area contributed by atoms with E-state index in [9.17, 15) is 14.4 Å². The average molecular weight is 405 g/mol. The second kappa shape index (κ2) is 8.79. The van der Waals surface area contributed by atoms with Crippen molar-refractivity contribution in [1.82, 2.24) is 10.3 Å². The summed E-state index contributed by atoms with van der Waals surface area (Å²) < 4.78 is 17.9. The second-order valence-electron chi connectivity index (χ2n) is 6.16. The maximum Gasteiger partial charge on any atom is 0.406 e. The Bertz CT molecular complexity index is 962. The van der Waals surface area contributed by atoms with Gasteiger partial charge in [0.2, 0.25) is 0 Å². The third-order valence-electron chi connectivity index (χ3n) is 4.33. The third kappa shape index (κ3) is 4.45. The summed E-state index contributed by atoms with van der Waals surface area (Å²) in [5, 5.41) is 15.6. The number of rotatable bonds is 6. The van der Waals surface area contributed by atoms with E-state index in [-0.39, 0.29) is 11.4 Å². The van der Waals surface area contributed by atoms with Crippen LogP contribution >= 0.6 is 11.6 Å². The van der Waals surface area contributed by atoms with Gasteiger partial charge in [-0.2, -0.15) is 0 Å². The molecular weight excluding hydrogens is 387 g/mol. The molecule has 0 saturated carbocycles. The summed E-state index contributed by atoms with van der Waals surface area (Å²) in [7, 11) is 1.30. The molecule has 0 fully saturated rings. The highest BCUT2D eigenvalue weighted by molar-refractivity contribution is 6.30. The summed E-state index contributed by atoms with van der Waals surface area (Å²) in [5.41, 5.74) is 3.54. The third-order valence-corrected chi connectivity index (χ3v) is 4.62. The molecule has 2 aromatic rings. The first-order chi connectivity index (χ1) is 13.5. The van der Waals surface area contributed by atoms with E-state index in [1.807, 2.05) is 0 Å². The Morgan fingerprint density at radius 2 is 2.25 bits per heavy atom. The van der Waals surface area contributed by atoms with Crippen molar-refractivity contribution in [1.29, 1.82) is 0 Å². The van der Waals surface area contributed by atoms with E-state index < -0.39 is 11.9 Å². The lowest BCUT2D eigenvalue weighted by Crippen LogP contribution is -2.25. The molecule has 28 heavy (non-hydrogen) atoms. The number of pyridine rings is 1. The number of benzene rings is 1. The minimum atomic E-state index is -0.503. The van der Waals surface area contributed by atoms with Crippen molar-refractivity contribution < 1.29 is 19.1 Å². The minimum absolute atomic E-state index is 0.0125. The molecule has 1 aromatic heterocycles. The normalized spacial score (nSPS) is 13.1. The van der Waals surface area contributed by atoms with Gasteiger partial charge in [-0.15, -0.1) is 0 Å². The molecule has 1 aliphatic heterocycles. The lowest BCUT2D eigenvalue weighted by atomic mass is 9.96. The van der Waals surface area contributed by atoms with E-state index in [0.29, 0.717) is 42.0 Å². The fourth-order valence-corrected chi connectivity index (χ4v) is 3.17. The van der Waals surface area contributed by atoms with Crippen molar-refractivity contribution in [2.75, 3.05) is 13.7 Å². The zero-order valence-corrected chi connectivity index (χ0v) is 15.8. The van der Waals surface area contributed by atoms with Gasteiger partial charge in [-0.25, -0.2) is 19.2 Å². The maximum absolute atomic E-state index is 13.4. The summed E-state index contributed by atoms with van der Waals surface area (Å²) in [6.07, 6.45) is 2.44. The molecule has 0 bridgehead atoms. The number of carbonyl (C=O) groups excluding carboxylic acids is 1. The van der Waals surface area contributed by atoms with Crippen LogP contribution in [0.15, 0.2) is 40.6 Å². The molecule has 0 aliphatic carbocycles. The zero-order valence-electron chi connectivity index (χ0n) is 15.1. The monoisotopic (exact) mass is 404 g/mol. The summed E-state index contributed by atoms with van der Waals surface area (Å²) in [6.45, 7) is 0.393. The second-order valence-corrected chi connectivity index (χ2v) is 6.56. The van der Waals surface area contributed by atoms with Crippen LogP contribution in [0.4, 0.5) is 15.0 Å². The highest BCUT2D eigenvalue weighted by Gasteiger charge is 2.22. The summed E-state index contributed by atoms with van der Waals surface area (Å²) in [6, 6.07) is 6.13. The number of amides is 1. The number of nitrogens with one attached hydrogen (secondary N) is 1. The Morgan fingerprint density at radius 1 is 1.43 bits per heavy atom. The van der Waals surface area contributed by atoms with Crippen LogP contribution in [0.1, 0.15) is 23.1 Å². The number of halogens is 2. The number of nitrogens with zero attached hydrogens (tertiary/aromatic N) is 3. The number of hydrogen-bond acceptors (Lipinski definition) is 6. The van der Waals surface area contributed by atoms with E-state index in [2.05, 4.69) is 25.2 Å². The zero-order chi connectivity index (χ0) is 20.1. The number of oxime groups is 1. The molecule has 0 atom stereocenters. The van der Waals surface area contributed by atoms with Crippen molar-refractivity contribution >= 4 is 34.9 Å². The van der Waals surface area contributed by atoms with Crippen molar-refractivity contribution in [3.8, 4) is 0 Å². The fraction of sp³-hybridized carbons (Fsp3) is 0.263. The minimum Gasteiger partial charge on any atom is -0.453 e. The first-order valence-corrected chi connectivity index (χ1v) is 8.91. The molecule has 0 spiro atoms. The quantitative estimate of drug-likeness (QED) is 0.436. The van der Waals surface area contributed by atoms with Crippen LogP contribution in [-0.2, 0) is 17.6 Å². The van der Waals surface area contributed by atoms with Crippen LogP contribution in [0.5, 0.6) is 0 Å².